The number of likely N-dealkylation sites (N-methyl/N-ethyl adjacent to an activating group) is 1. The lowest BCUT2D eigenvalue weighted by atomic mass is 10.1. The first-order chi connectivity index (χ1) is 12.8. The van der Waals surface area contributed by atoms with Gasteiger partial charge in [-0.25, -0.2) is 4.39 Å². The van der Waals surface area contributed by atoms with Crippen LogP contribution in [0.3, 0.4) is 0 Å². The summed E-state index contributed by atoms with van der Waals surface area (Å²) in [6, 6.07) is 10.8. The van der Waals surface area contributed by atoms with Gasteiger partial charge in [0.2, 0.25) is 11.8 Å². The molecule has 2 rings (SSSR count). The number of hydrogen-bond acceptors (Lipinski definition) is 3. The van der Waals surface area contributed by atoms with Crippen molar-refractivity contribution < 1.29 is 18.8 Å². The minimum Gasteiger partial charge on any atom is -0.336 e. The molecule has 0 saturated carbocycles. The number of carbonyl (C=O) groups is 3. The van der Waals surface area contributed by atoms with Gasteiger partial charge in [-0.2, -0.15) is 0 Å². The number of aryl methyl sites for hydroxylation is 1. The van der Waals surface area contributed by atoms with Gasteiger partial charge in [-0.1, -0.05) is 12.1 Å². The molecule has 0 radical (unpaired) electrons. The van der Waals surface area contributed by atoms with Crippen LogP contribution in [0.1, 0.15) is 34.3 Å². The van der Waals surface area contributed by atoms with Crippen molar-refractivity contribution in [3.8, 4) is 0 Å². The third-order valence-corrected chi connectivity index (χ3v) is 4.42. The fourth-order valence-corrected chi connectivity index (χ4v) is 2.57. The molecular formula is C21H23FN2O3. The standard InChI is InChI=1S/C21H23FN2O3/c1-14-5-4-6-18(15(14)2)23-20(26)13-24(3)21(27)12-11-19(25)16-7-9-17(22)10-8-16/h4-10H,11-13H2,1-3H3,(H,23,26). The minimum absolute atomic E-state index is 0.00735. The van der Waals surface area contributed by atoms with Crippen LogP contribution in [-0.4, -0.2) is 36.1 Å². The molecule has 0 aromatic heterocycles. The zero-order valence-electron chi connectivity index (χ0n) is 15.7. The van der Waals surface area contributed by atoms with E-state index in [0.29, 0.717) is 11.3 Å². The number of rotatable bonds is 7. The second kappa shape index (κ2) is 9.07. The summed E-state index contributed by atoms with van der Waals surface area (Å²) in [5.41, 5.74) is 3.12. The van der Waals surface area contributed by atoms with Gasteiger partial charge in [0.15, 0.2) is 5.78 Å². The summed E-state index contributed by atoms with van der Waals surface area (Å²) in [5, 5.41) is 2.80. The van der Waals surface area contributed by atoms with Crippen LogP contribution < -0.4 is 5.32 Å². The van der Waals surface area contributed by atoms with Gasteiger partial charge in [0.25, 0.3) is 0 Å². The predicted molar refractivity (Wildman–Crippen MR) is 102 cm³/mol. The molecule has 0 spiro atoms. The molecule has 142 valence electrons. The number of benzene rings is 2. The Bertz CT molecular complexity index is 847. The smallest absolute Gasteiger partial charge is 0.243 e. The van der Waals surface area contributed by atoms with Crippen molar-refractivity contribution in [3.05, 3.63) is 65.0 Å². The average Bonchev–Trinajstić information content (AvgIpc) is 2.63. The minimum atomic E-state index is -0.419. The van der Waals surface area contributed by atoms with Crippen molar-refractivity contribution >= 4 is 23.3 Å². The first kappa shape index (κ1) is 20.3. The van der Waals surface area contributed by atoms with Crippen molar-refractivity contribution in [1.29, 1.82) is 0 Å². The first-order valence-corrected chi connectivity index (χ1v) is 8.66. The molecule has 5 nitrogen and oxygen atoms in total. The lowest BCUT2D eigenvalue weighted by Crippen LogP contribution is -2.35. The number of ketones is 1. The molecular weight excluding hydrogens is 347 g/mol. The normalized spacial score (nSPS) is 10.4. The number of anilines is 1. The first-order valence-electron chi connectivity index (χ1n) is 8.66. The summed E-state index contributed by atoms with van der Waals surface area (Å²) < 4.78 is 12.9. The fourth-order valence-electron chi connectivity index (χ4n) is 2.57. The lowest BCUT2D eigenvalue weighted by Gasteiger charge is -2.17. The Morgan fingerprint density at radius 3 is 2.33 bits per heavy atom. The number of amides is 2. The second-order valence-electron chi connectivity index (χ2n) is 6.48. The fraction of sp³-hybridized carbons (Fsp3) is 0.286. The van der Waals surface area contributed by atoms with Gasteiger partial charge in [0.1, 0.15) is 5.82 Å². The second-order valence-corrected chi connectivity index (χ2v) is 6.48. The van der Waals surface area contributed by atoms with E-state index in [0.717, 1.165) is 11.1 Å². The van der Waals surface area contributed by atoms with E-state index in [2.05, 4.69) is 5.32 Å². The van der Waals surface area contributed by atoms with Crippen LogP contribution in [0, 0.1) is 19.7 Å². The maximum absolute atomic E-state index is 12.9. The van der Waals surface area contributed by atoms with Gasteiger partial charge < -0.3 is 10.2 Å². The highest BCUT2D eigenvalue weighted by molar-refractivity contribution is 5.99. The molecule has 6 heteroatoms. The third-order valence-electron chi connectivity index (χ3n) is 4.42. The Morgan fingerprint density at radius 2 is 1.67 bits per heavy atom. The molecule has 0 fully saturated rings. The van der Waals surface area contributed by atoms with Crippen LogP contribution in [0.4, 0.5) is 10.1 Å². The summed E-state index contributed by atoms with van der Waals surface area (Å²) in [5.74, 6) is -1.26. The number of Topliss-reactive ketones (excluding diaryl/α,β-unsaturated/α-hetero) is 1. The molecule has 0 aliphatic heterocycles. The zero-order chi connectivity index (χ0) is 20.0. The molecule has 0 atom stereocenters. The van der Waals surface area contributed by atoms with Crippen LogP contribution in [0.5, 0.6) is 0 Å². The molecule has 0 aliphatic carbocycles. The summed E-state index contributed by atoms with van der Waals surface area (Å²) in [6.45, 7) is 3.77. The Labute approximate surface area is 158 Å². The Hall–Kier alpha value is -3.02. The van der Waals surface area contributed by atoms with E-state index in [1.807, 2.05) is 32.0 Å². The molecule has 2 aromatic rings. The third kappa shape index (κ3) is 5.74. The molecule has 27 heavy (non-hydrogen) atoms. The SMILES string of the molecule is Cc1cccc(NC(=O)CN(C)C(=O)CCC(=O)c2ccc(F)cc2)c1C. The Balaban J connectivity index is 1.84. The van der Waals surface area contributed by atoms with E-state index < -0.39 is 5.82 Å². The molecule has 0 bridgehead atoms. The number of nitrogens with one attached hydrogen (secondary N) is 1. The van der Waals surface area contributed by atoms with Crippen LogP contribution in [0.15, 0.2) is 42.5 Å². The van der Waals surface area contributed by atoms with Gasteiger partial charge in [-0.3, -0.25) is 14.4 Å². The van der Waals surface area contributed by atoms with Crippen molar-refractivity contribution in [2.24, 2.45) is 0 Å². The van der Waals surface area contributed by atoms with Gasteiger partial charge in [-0.05, 0) is 55.3 Å². The van der Waals surface area contributed by atoms with E-state index in [4.69, 9.17) is 0 Å². The van der Waals surface area contributed by atoms with Crippen molar-refractivity contribution in [2.75, 3.05) is 18.9 Å². The van der Waals surface area contributed by atoms with Gasteiger partial charge in [-0.15, -0.1) is 0 Å². The summed E-state index contributed by atoms with van der Waals surface area (Å²) in [4.78, 5) is 37.7. The van der Waals surface area contributed by atoms with E-state index in [1.54, 1.807) is 0 Å². The predicted octanol–water partition coefficient (Wildman–Crippen LogP) is 3.50. The average molecular weight is 370 g/mol. The maximum Gasteiger partial charge on any atom is 0.243 e. The van der Waals surface area contributed by atoms with E-state index in [-0.39, 0.29) is 37.0 Å². The largest absolute Gasteiger partial charge is 0.336 e. The highest BCUT2D eigenvalue weighted by Gasteiger charge is 2.16. The number of halogens is 1. The van der Waals surface area contributed by atoms with E-state index in [9.17, 15) is 18.8 Å². The van der Waals surface area contributed by atoms with Crippen molar-refractivity contribution in [2.45, 2.75) is 26.7 Å². The number of carbonyl (C=O) groups excluding carboxylic acids is 3. The van der Waals surface area contributed by atoms with Crippen LogP contribution >= 0.6 is 0 Å². The van der Waals surface area contributed by atoms with Crippen LogP contribution in [0.2, 0.25) is 0 Å². The zero-order valence-corrected chi connectivity index (χ0v) is 15.7. The summed E-state index contributed by atoms with van der Waals surface area (Å²) >= 11 is 0. The van der Waals surface area contributed by atoms with Crippen molar-refractivity contribution in [1.82, 2.24) is 4.90 Å². The topological polar surface area (TPSA) is 66.5 Å². The summed E-state index contributed by atoms with van der Waals surface area (Å²) in [7, 11) is 1.52. The van der Waals surface area contributed by atoms with Gasteiger partial charge in [0, 0.05) is 31.1 Å². The van der Waals surface area contributed by atoms with Crippen LogP contribution in [0.25, 0.3) is 0 Å². The number of hydrogen-bond donors (Lipinski definition) is 1. The monoisotopic (exact) mass is 370 g/mol. The van der Waals surface area contributed by atoms with Gasteiger partial charge >= 0.3 is 0 Å². The van der Waals surface area contributed by atoms with Crippen LogP contribution in [-0.2, 0) is 9.59 Å². The quantitative estimate of drug-likeness (QED) is 0.759. The molecule has 2 amide bonds. The lowest BCUT2D eigenvalue weighted by molar-refractivity contribution is -0.133. The Kier molecular flexibility index (Phi) is 6.82. The molecule has 0 aliphatic rings. The molecule has 1 N–H and O–H groups in total. The highest BCUT2D eigenvalue weighted by atomic mass is 19.1. The maximum atomic E-state index is 12.9. The molecule has 0 saturated heterocycles. The number of nitrogens with zero attached hydrogens (tertiary/aromatic N) is 1. The molecule has 0 heterocycles. The Morgan fingerprint density at radius 1 is 1.00 bits per heavy atom. The summed E-state index contributed by atoms with van der Waals surface area (Å²) in [6.07, 6.45) is -0.00310. The molecule has 0 unspecified atom stereocenters. The molecule has 2 aromatic carbocycles. The van der Waals surface area contributed by atoms with E-state index >= 15 is 0 Å². The van der Waals surface area contributed by atoms with Crippen molar-refractivity contribution in [3.63, 3.8) is 0 Å². The highest BCUT2D eigenvalue weighted by Crippen LogP contribution is 2.17. The van der Waals surface area contributed by atoms with Gasteiger partial charge in [0.05, 0.1) is 6.54 Å². The van der Waals surface area contributed by atoms with E-state index in [1.165, 1.54) is 36.2 Å².